The molecule has 0 saturated carbocycles. The van der Waals surface area contributed by atoms with Gasteiger partial charge in [0.2, 0.25) is 0 Å². The summed E-state index contributed by atoms with van der Waals surface area (Å²) >= 11 is 1.32. The summed E-state index contributed by atoms with van der Waals surface area (Å²) in [4.78, 5) is 16.3. The first kappa shape index (κ1) is 15.6. The van der Waals surface area contributed by atoms with E-state index in [4.69, 9.17) is 5.73 Å². The molecule has 0 aliphatic carbocycles. The molecule has 0 bridgehead atoms. The molecule has 0 aliphatic rings. The van der Waals surface area contributed by atoms with E-state index in [9.17, 15) is 4.79 Å². The molecule has 0 radical (unpaired) electrons. The summed E-state index contributed by atoms with van der Waals surface area (Å²) in [5.74, 6) is -0.391. The number of thiophene rings is 1. The highest BCUT2D eigenvalue weighted by molar-refractivity contribution is 7.20. The van der Waals surface area contributed by atoms with Crippen molar-refractivity contribution in [1.82, 2.24) is 10.3 Å². The van der Waals surface area contributed by atoms with Gasteiger partial charge in [0, 0.05) is 23.7 Å². The minimum absolute atomic E-state index is 0.391. The fraction of sp³-hybridized carbons (Fsp3) is 0.429. The second kappa shape index (κ2) is 7.21. The molecule has 3 N–H and O–H groups in total. The largest absolute Gasteiger partial charge is 0.365 e. The molecule has 2 aromatic heterocycles. The van der Waals surface area contributed by atoms with Crippen LogP contribution in [-0.4, -0.2) is 23.0 Å². The summed E-state index contributed by atoms with van der Waals surface area (Å²) in [6.45, 7) is 8.61. The third-order valence-electron chi connectivity index (χ3n) is 2.20. The van der Waals surface area contributed by atoms with Crippen LogP contribution >= 0.6 is 11.3 Å². The lowest BCUT2D eigenvalue weighted by atomic mass is 10.3. The van der Waals surface area contributed by atoms with E-state index >= 15 is 0 Å². The van der Waals surface area contributed by atoms with Crippen molar-refractivity contribution in [2.24, 2.45) is 5.73 Å². The van der Waals surface area contributed by atoms with Crippen molar-refractivity contribution in [3.05, 3.63) is 29.3 Å². The molecule has 2 heterocycles. The summed E-state index contributed by atoms with van der Waals surface area (Å²) in [6, 6.07) is 6.75. The third kappa shape index (κ3) is 5.36. The number of carbonyl (C=O) groups is 1. The van der Waals surface area contributed by atoms with Gasteiger partial charge in [-0.25, -0.2) is 4.98 Å². The lowest BCUT2D eigenvalue weighted by Gasteiger charge is -2.10. The zero-order valence-corrected chi connectivity index (χ0v) is 12.6. The molecule has 104 valence electrons. The van der Waals surface area contributed by atoms with Crippen LogP contribution in [0.15, 0.2) is 24.4 Å². The number of hydrogen-bond donors (Lipinski definition) is 2. The minimum Gasteiger partial charge on any atom is -0.365 e. The average molecular weight is 279 g/mol. The van der Waals surface area contributed by atoms with Gasteiger partial charge in [0.15, 0.2) is 0 Å². The van der Waals surface area contributed by atoms with Crippen LogP contribution < -0.4 is 11.1 Å². The molecule has 0 aromatic carbocycles. The van der Waals surface area contributed by atoms with E-state index in [2.05, 4.69) is 38.0 Å². The Labute approximate surface area is 118 Å². The SMILES string of the molecule is CC(C)NC(C)C.NC(=O)c1cc2cccnc2s1. The first-order valence-electron chi connectivity index (χ1n) is 6.30. The molecule has 0 saturated heterocycles. The van der Waals surface area contributed by atoms with E-state index < -0.39 is 5.91 Å². The summed E-state index contributed by atoms with van der Waals surface area (Å²) in [5, 5.41) is 4.27. The van der Waals surface area contributed by atoms with Gasteiger partial charge in [-0.05, 0) is 12.1 Å². The number of pyridine rings is 1. The second-order valence-electron chi connectivity index (χ2n) is 4.85. The molecule has 0 atom stereocenters. The summed E-state index contributed by atoms with van der Waals surface area (Å²) in [7, 11) is 0. The van der Waals surface area contributed by atoms with E-state index in [-0.39, 0.29) is 0 Å². The van der Waals surface area contributed by atoms with Crippen molar-refractivity contribution in [2.45, 2.75) is 39.8 Å². The third-order valence-corrected chi connectivity index (χ3v) is 3.28. The van der Waals surface area contributed by atoms with Gasteiger partial charge in [-0.15, -0.1) is 11.3 Å². The van der Waals surface area contributed by atoms with Crippen LogP contribution in [0.2, 0.25) is 0 Å². The van der Waals surface area contributed by atoms with E-state index in [1.165, 1.54) is 11.3 Å². The Balaban J connectivity index is 0.000000224. The van der Waals surface area contributed by atoms with E-state index in [1.807, 2.05) is 12.1 Å². The number of amides is 1. The van der Waals surface area contributed by atoms with Crippen LogP contribution in [0.5, 0.6) is 0 Å². The number of primary amides is 1. The van der Waals surface area contributed by atoms with Crippen LogP contribution in [-0.2, 0) is 0 Å². The Morgan fingerprint density at radius 2 is 1.95 bits per heavy atom. The molecule has 5 heteroatoms. The van der Waals surface area contributed by atoms with Gasteiger partial charge in [0.1, 0.15) is 4.83 Å². The predicted octanol–water partition coefficient (Wildman–Crippen LogP) is 2.79. The van der Waals surface area contributed by atoms with E-state index in [0.29, 0.717) is 17.0 Å². The number of aromatic nitrogens is 1. The number of nitrogens with zero attached hydrogens (tertiary/aromatic N) is 1. The fourth-order valence-electron chi connectivity index (χ4n) is 1.66. The minimum atomic E-state index is -0.391. The molecule has 0 fully saturated rings. The Hall–Kier alpha value is -1.46. The standard InChI is InChI=1S/C8H6N2OS.C6H15N/c9-7(11)6-4-5-2-1-3-10-8(5)12-6;1-5(2)7-6(3)4/h1-4H,(H2,9,11);5-7H,1-4H3. The maximum atomic E-state index is 10.8. The molecular weight excluding hydrogens is 258 g/mol. The predicted molar refractivity (Wildman–Crippen MR) is 81.5 cm³/mol. The zero-order chi connectivity index (χ0) is 14.4. The molecule has 0 aliphatic heterocycles. The monoisotopic (exact) mass is 279 g/mol. The molecule has 2 rings (SSSR count). The Morgan fingerprint density at radius 1 is 1.32 bits per heavy atom. The molecule has 1 amide bonds. The normalized spacial score (nSPS) is 10.6. The van der Waals surface area contributed by atoms with Crippen molar-refractivity contribution in [3.8, 4) is 0 Å². The zero-order valence-electron chi connectivity index (χ0n) is 11.8. The number of nitrogens with two attached hydrogens (primary N) is 1. The van der Waals surface area contributed by atoms with E-state index in [1.54, 1.807) is 12.3 Å². The lowest BCUT2D eigenvalue weighted by Crippen LogP contribution is -2.29. The fourth-order valence-corrected chi connectivity index (χ4v) is 2.51. The number of hydrogen-bond acceptors (Lipinski definition) is 4. The summed E-state index contributed by atoms with van der Waals surface area (Å²) in [6.07, 6.45) is 1.70. The number of carbonyl (C=O) groups excluding carboxylic acids is 1. The van der Waals surface area contributed by atoms with Gasteiger partial charge >= 0.3 is 0 Å². The Bertz CT molecular complexity index is 495. The quantitative estimate of drug-likeness (QED) is 0.907. The topological polar surface area (TPSA) is 68.0 Å². The maximum absolute atomic E-state index is 10.8. The van der Waals surface area contributed by atoms with Gasteiger partial charge in [-0.3, -0.25) is 4.79 Å². The summed E-state index contributed by atoms with van der Waals surface area (Å²) < 4.78 is 0. The number of rotatable bonds is 3. The van der Waals surface area contributed by atoms with Crippen molar-refractivity contribution in [1.29, 1.82) is 0 Å². The molecule has 2 aromatic rings. The van der Waals surface area contributed by atoms with Crippen LogP contribution in [0.4, 0.5) is 0 Å². The van der Waals surface area contributed by atoms with E-state index in [0.717, 1.165) is 10.2 Å². The van der Waals surface area contributed by atoms with Crippen molar-refractivity contribution in [2.75, 3.05) is 0 Å². The van der Waals surface area contributed by atoms with Crippen molar-refractivity contribution >= 4 is 27.5 Å². The molecule has 0 spiro atoms. The number of fused-ring (bicyclic) bond motifs is 1. The smallest absolute Gasteiger partial charge is 0.258 e. The maximum Gasteiger partial charge on any atom is 0.258 e. The van der Waals surface area contributed by atoms with Crippen molar-refractivity contribution < 1.29 is 4.79 Å². The lowest BCUT2D eigenvalue weighted by molar-refractivity contribution is 0.100. The van der Waals surface area contributed by atoms with Gasteiger partial charge in [-0.1, -0.05) is 33.8 Å². The highest BCUT2D eigenvalue weighted by Gasteiger charge is 2.05. The van der Waals surface area contributed by atoms with Crippen LogP contribution in [0.25, 0.3) is 10.2 Å². The van der Waals surface area contributed by atoms with Gasteiger partial charge < -0.3 is 11.1 Å². The Kier molecular flexibility index (Phi) is 5.92. The average Bonchev–Trinajstić information content (AvgIpc) is 2.71. The van der Waals surface area contributed by atoms with Crippen LogP contribution in [0, 0.1) is 0 Å². The van der Waals surface area contributed by atoms with Gasteiger partial charge in [-0.2, -0.15) is 0 Å². The van der Waals surface area contributed by atoms with Gasteiger partial charge in [0.05, 0.1) is 4.88 Å². The van der Waals surface area contributed by atoms with Crippen LogP contribution in [0.3, 0.4) is 0 Å². The van der Waals surface area contributed by atoms with Crippen LogP contribution in [0.1, 0.15) is 37.4 Å². The molecule has 4 nitrogen and oxygen atoms in total. The van der Waals surface area contributed by atoms with Gasteiger partial charge in [0.25, 0.3) is 5.91 Å². The highest BCUT2D eigenvalue weighted by Crippen LogP contribution is 2.22. The second-order valence-corrected chi connectivity index (χ2v) is 5.88. The molecule has 19 heavy (non-hydrogen) atoms. The Morgan fingerprint density at radius 3 is 2.37 bits per heavy atom. The molecular formula is C14H21N3OS. The first-order chi connectivity index (χ1) is 8.90. The first-order valence-corrected chi connectivity index (χ1v) is 7.12. The highest BCUT2D eigenvalue weighted by atomic mass is 32.1. The number of nitrogens with one attached hydrogen (secondary N) is 1. The van der Waals surface area contributed by atoms with Crippen molar-refractivity contribution in [3.63, 3.8) is 0 Å². The molecule has 0 unspecified atom stereocenters. The summed E-state index contributed by atoms with van der Waals surface area (Å²) in [5.41, 5.74) is 5.12.